The molecule has 3 aromatic carbocycles. The highest BCUT2D eigenvalue weighted by Crippen LogP contribution is 2.27. The second-order valence-corrected chi connectivity index (χ2v) is 5.52. The zero-order valence-corrected chi connectivity index (χ0v) is 13.3. The van der Waals surface area contributed by atoms with Gasteiger partial charge in [0, 0.05) is 12.0 Å². The fourth-order valence-corrected chi connectivity index (χ4v) is 2.88. The Kier molecular flexibility index (Phi) is 4.71. The summed E-state index contributed by atoms with van der Waals surface area (Å²) < 4.78 is 5.40. The number of rotatable bonds is 5. The molecule has 107 valence electrons. The molecule has 0 unspecified atom stereocenters. The summed E-state index contributed by atoms with van der Waals surface area (Å²) in [6.45, 7) is 0. The van der Waals surface area contributed by atoms with Gasteiger partial charge in [0.05, 0.1) is 0 Å². The van der Waals surface area contributed by atoms with Crippen LogP contribution in [0.2, 0.25) is 0 Å². The van der Waals surface area contributed by atoms with Crippen molar-refractivity contribution < 1.29 is 4.43 Å². The van der Waals surface area contributed by atoms with Gasteiger partial charge >= 0.3 is 10.5 Å². The van der Waals surface area contributed by atoms with Gasteiger partial charge in [0.1, 0.15) is 5.75 Å². The monoisotopic (exact) mass is 301 g/mol. The minimum Gasteiger partial charge on any atom is -0.540 e. The molecule has 2 heteroatoms. The highest BCUT2D eigenvalue weighted by Gasteiger charge is 2.10. The lowest BCUT2D eigenvalue weighted by Crippen LogP contribution is -2.01. The van der Waals surface area contributed by atoms with Gasteiger partial charge in [-0.15, -0.1) is 0 Å². The molecule has 0 bridgehead atoms. The van der Waals surface area contributed by atoms with E-state index in [1.165, 1.54) is 22.3 Å². The van der Waals surface area contributed by atoms with Gasteiger partial charge in [-0.05, 0) is 29.2 Å². The topological polar surface area (TPSA) is 9.23 Å². The van der Waals surface area contributed by atoms with E-state index < -0.39 is 0 Å². The zero-order valence-electron chi connectivity index (χ0n) is 12.3. The van der Waals surface area contributed by atoms with E-state index >= 15 is 0 Å². The molecule has 0 heterocycles. The second kappa shape index (κ2) is 7.10. The Hall–Kier alpha value is -2.32. The molecule has 0 fully saturated rings. The van der Waals surface area contributed by atoms with Crippen molar-refractivity contribution in [2.75, 3.05) is 0 Å². The molecule has 0 saturated carbocycles. The Bertz CT molecular complexity index is 723. The molecule has 0 atom stereocenters. The first kappa shape index (κ1) is 14.6. The van der Waals surface area contributed by atoms with E-state index in [1.54, 1.807) is 0 Å². The van der Waals surface area contributed by atoms with Crippen LogP contribution in [-0.4, -0.2) is 10.5 Å². The van der Waals surface area contributed by atoms with Crippen LogP contribution < -0.4 is 4.43 Å². The minimum atomic E-state index is 0.865. The van der Waals surface area contributed by atoms with E-state index in [9.17, 15) is 0 Å². The van der Waals surface area contributed by atoms with Crippen LogP contribution in [0.15, 0.2) is 78.9 Å². The Morgan fingerprint density at radius 2 is 1.23 bits per heavy atom. The van der Waals surface area contributed by atoms with Crippen LogP contribution in [0.1, 0.15) is 22.3 Å². The first-order valence-electron chi connectivity index (χ1n) is 7.39. The van der Waals surface area contributed by atoms with Crippen molar-refractivity contribution in [1.82, 2.24) is 0 Å². The molecule has 3 aromatic rings. The van der Waals surface area contributed by atoms with E-state index in [0.29, 0.717) is 0 Å². The van der Waals surface area contributed by atoms with Crippen molar-refractivity contribution in [2.24, 2.45) is 0 Å². The third-order valence-electron chi connectivity index (χ3n) is 3.80. The van der Waals surface area contributed by atoms with E-state index in [4.69, 9.17) is 4.43 Å². The van der Waals surface area contributed by atoms with Gasteiger partial charge in [0.15, 0.2) is 0 Å². The molecular formula is C20H17OSi. The van der Waals surface area contributed by atoms with Crippen LogP contribution >= 0.6 is 0 Å². The van der Waals surface area contributed by atoms with Crippen LogP contribution in [0.25, 0.3) is 0 Å². The molecular weight excluding hydrogens is 284 g/mol. The molecule has 0 aliphatic rings. The Morgan fingerprint density at radius 3 is 1.82 bits per heavy atom. The van der Waals surface area contributed by atoms with E-state index in [1.807, 2.05) is 24.3 Å². The van der Waals surface area contributed by atoms with Gasteiger partial charge < -0.3 is 4.43 Å². The minimum absolute atomic E-state index is 0.865. The summed E-state index contributed by atoms with van der Waals surface area (Å²) in [5.74, 6) is 0.883. The molecule has 0 spiro atoms. The highest BCUT2D eigenvalue weighted by atomic mass is 28.2. The maximum atomic E-state index is 5.40. The first-order chi connectivity index (χ1) is 10.9. The summed E-state index contributed by atoms with van der Waals surface area (Å²) in [6.07, 6.45) is 1.77. The summed E-state index contributed by atoms with van der Waals surface area (Å²) in [5.41, 5.74) is 5.12. The quantitative estimate of drug-likeness (QED) is 0.637. The molecule has 3 rings (SSSR count). The van der Waals surface area contributed by atoms with Crippen molar-refractivity contribution in [3.05, 3.63) is 101 Å². The predicted octanol–water partition coefficient (Wildman–Crippen LogP) is 4.33. The standard InChI is InChI=1S/C20H17OSi/c22-21-20-13-7-12-18(14-16-8-3-1-4-9-16)19(20)15-17-10-5-2-6-11-17/h1-13H,14-15H2. The van der Waals surface area contributed by atoms with Crippen LogP contribution in [0.5, 0.6) is 5.75 Å². The maximum absolute atomic E-state index is 5.40. The third-order valence-corrected chi connectivity index (χ3v) is 4.02. The van der Waals surface area contributed by atoms with Crippen LogP contribution in [0.4, 0.5) is 0 Å². The van der Waals surface area contributed by atoms with E-state index in [0.717, 1.165) is 18.6 Å². The average molecular weight is 301 g/mol. The lowest BCUT2D eigenvalue weighted by Gasteiger charge is -2.14. The lowest BCUT2D eigenvalue weighted by molar-refractivity contribution is 0.606. The normalized spacial score (nSPS) is 10.4. The van der Waals surface area contributed by atoms with Crippen molar-refractivity contribution in [1.29, 1.82) is 0 Å². The van der Waals surface area contributed by atoms with Gasteiger partial charge in [0.25, 0.3) is 0 Å². The molecule has 0 saturated heterocycles. The van der Waals surface area contributed by atoms with Gasteiger partial charge in [-0.2, -0.15) is 0 Å². The summed E-state index contributed by atoms with van der Waals surface area (Å²) >= 11 is 0. The van der Waals surface area contributed by atoms with Crippen molar-refractivity contribution in [3.63, 3.8) is 0 Å². The molecule has 0 amide bonds. The van der Waals surface area contributed by atoms with Crippen molar-refractivity contribution >= 4 is 10.5 Å². The summed E-state index contributed by atoms with van der Waals surface area (Å²) in [5, 5.41) is 0. The lowest BCUT2D eigenvalue weighted by atomic mass is 9.94. The molecule has 0 aromatic heterocycles. The third kappa shape index (κ3) is 3.46. The Balaban J connectivity index is 1.95. The first-order valence-corrected chi connectivity index (χ1v) is 7.80. The fraction of sp³-hybridized carbons (Fsp3) is 0.100. The van der Waals surface area contributed by atoms with Crippen LogP contribution in [-0.2, 0) is 12.8 Å². The van der Waals surface area contributed by atoms with Gasteiger partial charge in [-0.25, -0.2) is 0 Å². The number of benzene rings is 3. The largest absolute Gasteiger partial charge is 0.540 e. The average Bonchev–Trinajstić information content (AvgIpc) is 2.58. The summed E-state index contributed by atoms with van der Waals surface area (Å²) in [7, 11) is 3.19. The van der Waals surface area contributed by atoms with E-state index in [-0.39, 0.29) is 0 Å². The summed E-state index contributed by atoms with van der Waals surface area (Å²) in [4.78, 5) is 0. The summed E-state index contributed by atoms with van der Waals surface area (Å²) in [6, 6.07) is 27.2. The molecule has 0 aliphatic carbocycles. The molecule has 0 aliphatic heterocycles. The SMILES string of the molecule is [Si]Oc1cccc(Cc2ccccc2)c1Cc1ccccc1. The van der Waals surface area contributed by atoms with E-state index in [2.05, 4.69) is 65.1 Å². The smallest absolute Gasteiger partial charge is 0.341 e. The van der Waals surface area contributed by atoms with Crippen LogP contribution in [0.3, 0.4) is 0 Å². The molecule has 3 radical (unpaired) electrons. The fourth-order valence-electron chi connectivity index (χ4n) is 2.69. The van der Waals surface area contributed by atoms with Crippen molar-refractivity contribution in [2.45, 2.75) is 12.8 Å². The van der Waals surface area contributed by atoms with Gasteiger partial charge in [-0.1, -0.05) is 72.8 Å². The maximum Gasteiger partial charge on any atom is 0.341 e. The number of hydrogen-bond donors (Lipinski definition) is 0. The highest BCUT2D eigenvalue weighted by molar-refractivity contribution is 6.00. The molecule has 1 nitrogen and oxygen atoms in total. The van der Waals surface area contributed by atoms with Crippen LogP contribution in [0, 0.1) is 0 Å². The zero-order chi connectivity index (χ0) is 15.2. The molecule has 0 N–H and O–H groups in total. The predicted molar refractivity (Wildman–Crippen MR) is 91.3 cm³/mol. The Labute approximate surface area is 135 Å². The van der Waals surface area contributed by atoms with Gasteiger partial charge in [0.2, 0.25) is 0 Å². The van der Waals surface area contributed by atoms with Gasteiger partial charge in [-0.3, -0.25) is 0 Å². The molecule has 22 heavy (non-hydrogen) atoms. The Morgan fingerprint density at radius 1 is 0.636 bits per heavy atom. The number of hydrogen-bond acceptors (Lipinski definition) is 1. The second-order valence-electron chi connectivity index (χ2n) is 5.32. The van der Waals surface area contributed by atoms with Crippen molar-refractivity contribution in [3.8, 4) is 5.75 Å².